The molecule has 6 heteroatoms. The largest absolute Gasteiger partial charge is 0.480 e. The van der Waals surface area contributed by atoms with Crippen LogP contribution in [0.25, 0.3) is 0 Å². The summed E-state index contributed by atoms with van der Waals surface area (Å²) in [6.07, 6.45) is 1.63. The molecule has 21 heavy (non-hydrogen) atoms. The summed E-state index contributed by atoms with van der Waals surface area (Å²) in [7, 11) is 0. The lowest BCUT2D eigenvalue weighted by atomic mass is 9.64. The number of carbonyl (C=O) groups excluding carboxylic acids is 1. The van der Waals surface area contributed by atoms with E-state index in [1.165, 1.54) is 4.90 Å². The van der Waals surface area contributed by atoms with Gasteiger partial charge < -0.3 is 20.1 Å². The third kappa shape index (κ3) is 4.09. The first kappa shape index (κ1) is 17.8. The molecule has 0 spiro atoms. The second-order valence-corrected chi connectivity index (χ2v) is 6.28. The summed E-state index contributed by atoms with van der Waals surface area (Å²) < 4.78 is 5.64. The van der Waals surface area contributed by atoms with Gasteiger partial charge >= 0.3 is 12.0 Å². The third-order valence-electron chi connectivity index (χ3n) is 4.53. The number of urea groups is 1. The molecule has 122 valence electrons. The van der Waals surface area contributed by atoms with Crippen molar-refractivity contribution in [3.05, 3.63) is 0 Å². The van der Waals surface area contributed by atoms with Gasteiger partial charge in [0.25, 0.3) is 0 Å². The molecule has 3 atom stereocenters. The minimum absolute atomic E-state index is 0.0156. The molecular formula is C15H28N2O4. The van der Waals surface area contributed by atoms with Gasteiger partial charge in [-0.15, -0.1) is 0 Å². The lowest BCUT2D eigenvalue weighted by molar-refractivity contribution is -0.138. The lowest BCUT2D eigenvalue weighted by Crippen LogP contribution is -2.64. The van der Waals surface area contributed by atoms with Crippen LogP contribution in [0.2, 0.25) is 0 Å². The topological polar surface area (TPSA) is 78.9 Å². The average molecular weight is 300 g/mol. The maximum Gasteiger partial charge on any atom is 0.323 e. The van der Waals surface area contributed by atoms with Gasteiger partial charge in [0.05, 0.1) is 6.10 Å². The minimum atomic E-state index is -0.995. The first-order valence-electron chi connectivity index (χ1n) is 7.64. The van der Waals surface area contributed by atoms with Gasteiger partial charge in [-0.1, -0.05) is 20.8 Å². The predicted molar refractivity (Wildman–Crippen MR) is 80.2 cm³/mol. The summed E-state index contributed by atoms with van der Waals surface area (Å²) in [5, 5.41) is 11.9. The zero-order valence-electron chi connectivity index (χ0n) is 13.7. The standard InChI is InChI=1S/C15H28N2O4/c1-6-10(3)17(9-13(18)19)14(20)16-11-8-12(21-7-2)15(11,4)5/h10-12H,6-9H2,1-5H3,(H,16,20)(H,18,19). The van der Waals surface area contributed by atoms with Crippen LogP contribution in [0.4, 0.5) is 4.79 Å². The molecule has 0 aromatic rings. The molecule has 0 saturated heterocycles. The number of hydrogen-bond donors (Lipinski definition) is 2. The van der Waals surface area contributed by atoms with Crippen LogP contribution in [-0.2, 0) is 9.53 Å². The van der Waals surface area contributed by atoms with Crippen molar-refractivity contribution in [2.24, 2.45) is 5.41 Å². The van der Waals surface area contributed by atoms with Gasteiger partial charge in [-0.2, -0.15) is 0 Å². The number of nitrogens with one attached hydrogen (secondary N) is 1. The Balaban J connectivity index is 2.64. The number of rotatable bonds is 7. The second-order valence-electron chi connectivity index (χ2n) is 6.28. The Morgan fingerprint density at radius 2 is 2.05 bits per heavy atom. The summed E-state index contributed by atoms with van der Waals surface area (Å²) in [6.45, 7) is 10.3. The number of carboxylic acids is 1. The maximum absolute atomic E-state index is 12.3. The fourth-order valence-corrected chi connectivity index (χ4v) is 2.64. The first-order chi connectivity index (χ1) is 9.73. The highest BCUT2D eigenvalue weighted by Crippen LogP contribution is 2.42. The SMILES string of the molecule is CCOC1CC(NC(=O)N(CC(=O)O)C(C)CC)C1(C)C. The lowest BCUT2D eigenvalue weighted by Gasteiger charge is -2.52. The molecule has 1 aliphatic carbocycles. The van der Waals surface area contributed by atoms with E-state index in [1.807, 2.05) is 20.8 Å². The third-order valence-corrected chi connectivity index (χ3v) is 4.53. The van der Waals surface area contributed by atoms with Crippen LogP contribution in [0.3, 0.4) is 0 Å². The molecule has 1 fully saturated rings. The fraction of sp³-hybridized carbons (Fsp3) is 0.867. The van der Waals surface area contributed by atoms with Crippen molar-refractivity contribution in [3.63, 3.8) is 0 Å². The van der Waals surface area contributed by atoms with Crippen LogP contribution in [-0.4, -0.2) is 53.3 Å². The predicted octanol–water partition coefficient (Wildman–Crippen LogP) is 2.08. The Morgan fingerprint density at radius 3 is 2.48 bits per heavy atom. The van der Waals surface area contributed by atoms with E-state index in [1.54, 1.807) is 0 Å². The maximum atomic E-state index is 12.3. The molecule has 1 saturated carbocycles. The van der Waals surface area contributed by atoms with Crippen molar-refractivity contribution >= 4 is 12.0 Å². The van der Waals surface area contributed by atoms with Crippen molar-refractivity contribution in [2.75, 3.05) is 13.2 Å². The Kier molecular flexibility index (Phi) is 6.01. The summed E-state index contributed by atoms with van der Waals surface area (Å²) in [5.41, 5.74) is -0.129. The number of carbonyl (C=O) groups is 2. The normalized spacial score (nSPS) is 24.8. The van der Waals surface area contributed by atoms with Gasteiger partial charge in [-0.05, 0) is 26.7 Å². The Labute approximate surface area is 126 Å². The van der Waals surface area contributed by atoms with E-state index >= 15 is 0 Å². The van der Waals surface area contributed by atoms with Crippen molar-refractivity contribution in [2.45, 2.75) is 65.6 Å². The molecule has 0 heterocycles. The van der Waals surface area contributed by atoms with Gasteiger partial charge in [0, 0.05) is 24.1 Å². The highest BCUT2D eigenvalue weighted by Gasteiger charge is 2.50. The molecule has 6 nitrogen and oxygen atoms in total. The second kappa shape index (κ2) is 7.11. The van der Waals surface area contributed by atoms with E-state index in [2.05, 4.69) is 19.2 Å². The highest BCUT2D eigenvalue weighted by molar-refractivity contribution is 5.80. The number of nitrogens with zero attached hydrogens (tertiary/aromatic N) is 1. The van der Waals surface area contributed by atoms with Crippen LogP contribution in [0.5, 0.6) is 0 Å². The van der Waals surface area contributed by atoms with Crippen molar-refractivity contribution < 1.29 is 19.4 Å². The first-order valence-corrected chi connectivity index (χ1v) is 7.64. The van der Waals surface area contributed by atoms with E-state index in [9.17, 15) is 9.59 Å². The van der Waals surface area contributed by atoms with E-state index in [0.717, 1.165) is 12.8 Å². The number of ether oxygens (including phenoxy) is 1. The van der Waals surface area contributed by atoms with Gasteiger partial charge in [-0.3, -0.25) is 4.79 Å². The molecule has 2 amide bonds. The van der Waals surface area contributed by atoms with Crippen molar-refractivity contribution in [1.82, 2.24) is 10.2 Å². The number of hydrogen-bond acceptors (Lipinski definition) is 3. The van der Waals surface area contributed by atoms with E-state index in [0.29, 0.717) is 6.61 Å². The Morgan fingerprint density at radius 1 is 1.43 bits per heavy atom. The van der Waals surface area contributed by atoms with E-state index in [-0.39, 0.29) is 36.2 Å². The van der Waals surface area contributed by atoms with Crippen molar-refractivity contribution in [1.29, 1.82) is 0 Å². The van der Waals surface area contributed by atoms with Crippen LogP contribution >= 0.6 is 0 Å². The molecule has 2 N–H and O–H groups in total. The minimum Gasteiger partial charge on any atom is -0.480 e. The van der Waals surface area contributed by atoms with Crippen LogP contribution in [0, 0.1) is 5.41 Å². The smallest absolute Gasteiger partial charge is 0.323 e. The Hall–Kier alpha value is -1.30. The summed E-state index contributed by atoms with van der Waals surface area (Å²) >= 11 is 0. The van der Waals surface area contributed by atoms with Crippen LogP contribution in [0.1, 0.15) is 47.5 Å². The molecule has 3 unspecified atom stereocenters. The van der Waals surface area contributed by atoms with Crippen LogP contribution < -0.4 is 5.32 Å². The van der Waals surface area contributed by atoms with E-state index in [4.69, 9.17) is 9.84 Å². The van der Waals surface area contributed by atoms with Gasteiger partial charge in [0.2, 0.25) is 0 Å². The van der Waals surface area contributed by atoms with Gasteiger partial charge in [-0.25, -0.2) is 4.79 Å². The summed E-state index contributed by atoms with van der Waals surface area (Å²) in [6, 6.07) is -0.395. The highest BCUT2D eigenvalue weighted by atomic mass is 16.5. The number of aliphatic carboxylic acids is 1. The zero-order valence-corrected chi connectivity index (χ0v) is 13.7. The van der Waals surface area contributed by atoms with Crippen molar-refractivity contribution in [3.8, 4) is 0 Å². The molecule has 0 radical (unpaired) electrons. The number of amides is 2. The van der Waals surface area contributed by atoms with Gasteiger partial charge in [0.1, 0.15) is 6.54 Å². The fourth-order valence-electron chi connectivity index (χ4n) is 2.64. The van der Waals surface area contributed by atoms with E-state index < -0.39 is 5.97 Å². The molecule has 0 aromatic carbocycles. The molecule has 1 rings (SSSR count). The molecule has 0 aromatic heterocycles. The van der Waals surface area contributed by atoms with Gasteiger partial charge in [0.15, 0.2) is 0 Å². The molecule has 1 aliphatic rings. The quantitative estimate of drug-likeness (QED) is 0.754. The summed E-state index contributed by atoms with van der Waals surface area (Å²) in [4.78, 5) is 24.7. The van der Waals surface area contributed by atoms with Crippen LogP contribution in [0.15, 0.2) is 0 Å². The monoisotopic (exact) mass is 300 g/mol. The Bertz CT molecular complexity index is 384. The zero-order chi connectivity index (χ0) is 16.2. The average Bonchev–Trinajstić information content (AvgIpc) is 2.42. The molecule has 0 bridgehead atoms. The molecule has 0 aliphatic heterocycles. The number of carboxylic acid groups (broad SMARTS) is 1. The molecular weight excluding hydrogens is 272 g/mol. The summed E-state index contributed by atoms with van der Waals surface area (Å²) in [5.74, 6) is -0.995.